The molecule has 0 aliphatic heterocycles. The van der Waals surface area contributed by atoms with Gasteiger partial charge in [-0.2, -0.15) is 11.8 Å². The highest BCUT2D eigenvalue weighted by atomic mass is 32.2. The molecule has 0 unspecified atom stereocenters. The Morgan fingerprint density at radius 1 is 1.40 bits per heavy atom. The first-order chi connectivity index (χ1) is 7.43. The Balaban J connectivity index is 1.81. The zero-order valence-electron chi connectivity index (χ0n) is 9.46. The number of aromatic amines is 1. The van der Waals surface area contributed by atoms with E-state index in [1.54, 1.807) is 0 Å². The van der Waals surface area contributed by atoms with Crippen molar-refractivity contribution in [3.05, 3.63) is 18.2 Å². The SMILES string of the molecule is CCSCCCNCCCc1ncc[nH]1. The second-order valence-electron chi connectivity index (χ2n) is 3.44. The molecule has 1 rings (SSSR count). The molecule has 4 heteroatoms. The predicted octanol–water partition coefficient (Wildman–Crippen LogP) is 2.08. The van der Waals surface area contributed by atoms with Crippen molar-refractivity contribution in [3.63, 3.8) is 0 Å². The van der Waals surface area contributed by atoms with Crippen LogP contribution in [-0.2, 0) is 6.42 Å². The van der Waals surface area contributed by atoms with E-state index >= 15 is 0 Å². The summed E-state index contributed by atoms with van der Waals surface area (Å²) < 4.78 is 0. The lowest BCUT2D eigenvalue weighted by molar-refractivity contribution is 0.635. The standard InChI is InChI=1S/C11H21N3S/c1-2-15-10-4-7-12-6-3-5-11-13-8-9-14-11/h8-9,12H,2-7,10H2,1H3,(H,13,14). The molecule has 0 saturated carbocycles. The van der Waals surface area contributed by atoms with Crippen molar-refractivity contribution in [1.82, 2.24) is 15.3 Å². The zero-order valence-corrected chi connectivity index (χ0v) is 10.3. The Kier molecular flexibility index (Phi) is 7.38. The number of H-pyrrole nitrogens is 1. The van der Waals surface area contributed by atoms with E-state index in [1.807, 2.05) is 24.2 Å². The lowest BCUT2D eigenvalue weighted by Crippen LogP contribution is -2.17. The highest BCUT2D eigenvalue weighted by Crippen LogP contribution is 1.99. The fraction of sp³-hybridized carbons (Fsp3) is 0.727. The van der Waals surface area contributed by atoms with Crippen molar-refractivity contribution < 1.29 is 0 Å². The lowest BCUT2D eigenvalue weighted by Gasteiger charge is -2.03. The molecular weight excluding hydrogens is 206 g/mol. The summed E-state index contributed by atoms with van der Waals surface area (Å²) in [6, 6.07) is 0. The molecule has 0 spiro atoms. The number of hydrogen-bond acceptors (Lipinski definition) is 3. The molecule has 0 bridgehead atoms. The first kappa shape index (κ1) is 12.6. The third kappa shape index (κ3) is 6.57. The van der Waals surface area contributed by atoms with E-state index in [2.05, 4.69) is 22.2 Å². The fourth-order valence-electron chi connectivity index (χ4n) is 1.38. The Morgan fingerprint density at radius 2 is 2.27 bits per heavy atom. The summed E-state index contributed by atoms with van der Waals surface area (Å²) in [6.07, 6.45) is 7.17. The van der Waals surface area contributed by atoms with Gasteiger partial charge in [0.05, 0.1) is 0 Å². The number of rotatable bonds is 9. The zero-order chi connectivity index (χ0) is 10.8. The maximum atomic E-state index is 4.19. The second-order valence-corrected chi connectivity index (χ2v) is 4.83. The topological polar surface area (TPSA) is 40.7 Å². The van der Waals surface area contributed by atoms with E-state index in [9.17, 15) is 0 Å². The maximum absolute atomic E-state index is 4.19. The van der Waals surface area contributed by atoms with Crippen molar-refractivity contribution in [3.8, 4) is 0 Å². The van der Waals surface area contributed by atoms with Crippen LogP contribution < -0.4 is 5.32 Å². The van der Waals surface area contributed by atoms with Gasteiger partial charge in [-0.25, -0.2) is 4.98 Å². The molecule has 1 heterocycles. The molecule has 0 aromatic carbocycles. The van der Waals surface area contributed by atoms with Gasteiger partial charge in [0.2, 0.25) is 0 Å². The molecule has 15 heavy (non-hydrogen) atoms. The molecule has 0 atom stereocenters. The van der Waals surface area contributed by atoms with Crippen LogP contribution in [-0.4, -0.2) is 34.6 Å². The largest absolute Gasteiger partial charge is 0.349 e. The van der Waals surface area contributed by atoms with E-state index in [4.69, 9.17) is 0 Å². The van der Waals surface area contributed by atoms with Gasteiger partial charge in [-0.15, -0.1) is 0 Å². The molecule has 0 radical (unpaired) electrons. The van der Waals surface area contributed by atoms with Gasteiger partial charge in [0.15, 0.2) is 0 Å². The van der Waals surface area contributed by atoms with Crippen LogP contribution >= 0.6 is 11.8 Å². The molecule has 1 aromatic heterocycles. The van der Waals surface area contributed by atoms with Gasteiger partial charge in [-0.05, 0) is 37.4 Å². The van der Waals surface area contributed by atoms with Crippen molar-refractivity contribution in [2.24, 2.45) is 0 Å². The van der Waals surface area contributed by atoms with Gasteiger partial charge < -0.3 is 10.3 Å². The van der Waals surface area contributed by atoms with Crippen LogP contribution in [0.4, 0.5) is 0 Å². The van der Waals surface area contributed by atoms with E-state index in [-0.39, 0.29) is 0 Å². The summed E-state index contributed by atoms with van der Waals surface area (Å²) in [5.74, 6) is 3.61. The van der Waals surface area contributed by atoms with Crippen molar-refractivity contribution in [2.75, 3.05) is 24.6 Å². The van der Waals surface area contributed by atoms with Crippen LogP contribution in [0.1, 0.15) is 25.6 Å². The molecule has 1 aromatic rings. The smallest absolute Gasteiger partial charge is 0.106 e. The monoisotopic (exact) mass is 227 g/mol. The lowest BCUT2D eigenvalue weighted by atomic mass is 10.3. The molecule has 0 amide bonds. The fourth-order valence-corrected chi connectivity index (χ4v) is 2.02. The van der Waals surface area contributed by atoms with Gasteiger partial charge in [0.1, 0.15) is 5.82 Å². The third-order valence-corrected chi connectivity index (χ3v) is 3.15. The summed E-state index contributed by atoms with van der Waals surface area (Å²) in [5.41, 5.74) is 0. The normalized spacial score (nSPS) is 10.7. The minimum absolute atomic E-state index is 1.05. The molecule has 3 nitrogen and oxygen atoms in total. The number of thioether (sulfide) groups is 1. The average molecular weight is 227 g/mol. The molecule has 0 saturated heterocycles. The Labute approximate surface area is 96.5 Å². The third-order valence-electron chi connectivity index (χ3n) is 2.17. The number of aryl methyl sites for hydroxylation is 1. The Hall–Kier alpha value is -0.480. The number of hydrogen-bond donors (Lipinski definition) is 2. The van der Waals surface area contributed by atoms with Crippen LogP contribution in [0.3, 0.4) is 0 Å². The molecule has 86 valence electrons. The summed E-state index contributed by atoms with van der Waals surface area (Å²) in [4.78, 5) is 7.30. The second kappa shape index (κ2) is 8.80. The molecule has 0 aliphatic rings. The van der Waals surface area contributed by atoms with Gasteiger partial charge in [-0.3, -0.25) is 0 Å². The van der Waals surface area contributed by atoms with Crippen LogP contribution in [0.5, 0.6) is 0 Å². The first-order valence-corrected chi connectivity index (χ1v) is 6.85. The van der Waals surface area contributed by atoms with Crippen molar-refractivity contribution in [2.45, 2.75) is 26.2 Å². The molecule has 0 aliphatic carbocycles. The minimum atomic E-state index is 1.05. The first-order valence-electron chi connectivity index (χ1n) is 5.70. The van der Waals surface area contributed by atoms with E-state index < -0.39 is 0 Å². The van der Waals surface area contributed by atoms with Gasteiger partial charge in [-0.1, -0.05) is 6.92 Å². The summed E-state index contributed by atoms with van der Waals surface area (Å²) in [7, 11) is 0. The number of aromatic nitrogens is 2. The Morgan fingerprint density at radius 3 is 3.00 bits per heavy atom. The van der Waals surface area contributed by atoms with Crippen LogP contribution in [0.25, 0.3) is 0 Å². The average Bonchev–Trinajstić information content (AvgIpc) is 2.75. The van der Waals surface area contributed by atoms with Gasteiger partial charge >= 0.3 is 0 Å². The summed E-state index contributed by atoms with van der Waals surface area (Å²) in [6.45, 7) is 4.45. The van der Waals surface area contributed by atoms with E-state index in [1.165, 1.54) is 17.9 Å². The molecule has 2 N–H and O–H groups in total. The number of imidazole rings is 1. The van der Waals surface area contributed by atoms with Crippen LogP contribution in [0.2, 0.25) is 0 Å². The van der Waals surface area contributed by atoms with Crippen molar-refractivity contribution >= 4 is 11.8 Å². The highest BCUT2D eigenvalue weighted by Gasteiger charge is 1.94. The quantitative estimate of drug-likeness (QED) is 0.635. The van der Waals surface area contributed by atoms with Crippen molar-refractivity contribution in [1.29, 1.82) is 0 Å². The number of nitrogens with one attached hydrogen (secondary N) is 2. The highest BCUT2D eigenvalue weighted by molar-refractivity contribution is 7.99. The van der Waals surface area contributed by atoms with Crippen LogP contribution in [0.15, 0.2) is 12.4 Å². The Bertz CT molecular complexity index is 224. The van der Waals surface area contributed by atoms with Gasteiger partial charge in [0.25, 0.3) is 0 Å². The molecule has 0 fully saturated rings. The van der Waals surface area contributed by atoms with Crippen LogP contribution in [0, 0.1) is 0 Å². The van der Waals surface area contributed by atoms with E-state index in [0.29, 0.717) is 0 Å². The molecular formula is C11H21N3S. The summed E-state index contributed by atoms with van der Waals surface area (Å²) >= 11 is 2.01. The predicted molar refractivity (Wildman–Crippen MR) is 67.4 cm³/mol. The van der Waals surface area contributed by atoms with Gasteiger partial charge in [0, 0.05) is 18.8 Å². The van der Waals surface area contributed by atoms with E-state index in [0.717, 1.165) is 31.8 Å². The number of nitrogens with zero attached hydrogens (tertiary/aromatic N) is 1. The summed E-state index contributed by atoms with van der Waals surface area (Å²) in [5, 5.41) is 3.45. The maximum Gasteiger partial charge on any atom is 0.106 e. The minimum Gasteiger partial charge on any atom is -0.349 e.